The van der Waals surface area contributed by atoms with Gasteiger partial charge in [-0.25, -0.2) is 19.0 Å². The molecule has 2 aromatic heterocycles. The number of imidazole rings is 1. The Bertz CT molecular complexity index is 1420. The van der Waals surface area contributed by atoms with Gasteiger partial charge in [0.25, 0.3) is 0 Å². The number of alkyl halides is 1. The Hall–Kier alpha value is -4.09. The lowest BCUT2D eigenvalue weighted by Gasteiger charge is -2.19. The molecule has 0 unspecified atom stereocenters. The summed E-state index contributed by atoms with van der Waals surface area (Å²) < 4.78 is 39.2. The minimum atomic E-state index is -1.87. The van der Waals surface area contributed by atoms with E-state index in [1.165, 1.54) is 18.0 Å². The average molecular weight is 527 g/mol. The summed E-state index contributed by atoms with van der Waals surface area (Å²) in [5.74, 6) is -1.28. The average Bonchev–Trinajstić information content (AvgIpc) is 3.48. The maximum Gasteiger partial charge on any atom is 0.338 e. The van der Waals surface area contributed by atoms with E-state index in [-0.39, 0.29) is 34.5 Å². The number of hydrogen-bond acceptors (Lipinski definition) is 9. The highest BCUT2D eigenvalue weighted by atomic mass is 35.5. The first-order chi connectivity index (χ1) is 18.0. The van der Waals surface area contributed by atoms with E-state index in [1.54, 1.807) is 60.7 Å². The van der Waals surface area contributed by atoms with Crippen LogP contribution in [0.1, 0.15) is 26.9 Å². The van der Waals surface area contributed by atoms with Crippen LogP contribution in [0.4, 0.5) is 4.39 Å². The Balaban J connectivity index is 1.43. The molecule has 4 aromatic rings. The van der Waals surface area contributed by atoms with Crippen molar-refractivity contribution < 1.29 is 32.9 Å². The van der Waals surface area contributed by atoms with Crippen molar-refractivity contribution in [2.75, 3.05) is 13.7 Å². The van der Waals surface area contributed by atoms with Crippen molar-refractivity contribution in [3.8, 4) is 5.88 Å². The minimum absolute atomic E-state index is 0.0996. The van der Waals surface area contributed by atoms with Crippen molar-refractivity contribution in [2.45, 2.75) is 24.6 Å². The third kappa shape index (κ3) is 4.95. The molecule has 0 aliphatic carbocycles. The fourth-order valence-corrected chi connectivity index (χ4v) is 4.12. The summed E-state index contributed by atoms with van der Waals surface area (Å²) in [5, 5.41) is -0.139. The molecule has 1 aliphatic heterocycles. The highest BCUT2D eigenvalue weighted by molar-refractivity contribution is 6.28. The molecule has 0 radical (unpaired) electrons. The number of methoxy groups -OCH3 is 1. The van der Waals surface area contributed by atoms with E-state index in [4.69, 9.17) is 30.5 Å². The molecule has 0 amide bonds. The summed E-state index contributed by atoms with van der Waals surface area (Å²) in [5.41, 5.74) is 0.931. The van der Waals surface area contributed by atoms with E-state index < -0.39 is 36.5 Å². The predicted molar refractivity (Wildman–Crippen MR) is 128 cm³/mol. The highest BCUT2D eigenvalue weighted by Crippen LogP contribution is 2.37. The number of nitrogens with zero attached hydrogens (tertiary/aromatic N) is 4. The molecule has 0 bridgehead atoms. The Morgan fingerprint density at radius 1 is 1.03 bits per heavy atom. The van der Waals surface area contributed by atoms with Gasteiger partial charge in [0, 0.05) is 0 Å². The number of carbonyl (C=O) groups excluding carboxylic acids is 2. The second-order valence-electron chi connectivity index (χ2n) is 8.04. The van der Waals surface area contributed by atoms with Gasteiger partial charge >= 0.3 is 11.9 Å². The molecule has 10 nitrogen and oxygen atoms in total. The Kier molecular flexibility index (Phi) is 6.97. The lowest BCUT2D eigenvalue weighted by Crippen LogP contribution is -2.37. The number of aromatic nitrogens is 4. The summed E-state index contributed by atoms with van der Waals surface area (Å²) >= 11 is 6.01. The third-order valence-electron chi connectivity index (χ3n) is 5.74. The van der Waals surface area contributed by atoms with Gasteiger partial charge in [0.1, 0.15) is 12.7 Å². The van der Waals surface area contributed by atoms with Crippen molar-refractivity contribution in [2.24, 2.45) is 0 Å². The molecule has 190 valence electrons. The van der Waals surface area contributed by atoms with E-state index in [2.05, 4.69) is 15.0 Å². The van der Waals surface area contributed by atoms with Crippen molar-refractivity contribution in [3.63, 3.8) is 0 Å². The molecule has 37 heavy (non-hydrogen) atoms. The highest BCUT2D eigenvalue weighted by Gasteiger charge is 2.50. The van der Waals surface area contributed by atoms with Gasteiger partial charge in [-0.2, -0.15) is 9.97 Å². The number of ether oxygens (including phenoxy) is 4. The topological polar surface area (TPSA) is 115 Å². The number of fused-ring (bicyclic) bond motifs is 1. The molecular weight excluding hydrogens is 507 g/mol. The summed E-state index contributed by atoms with van der Waals surface area (Å²) in [7, 11) is 1.39. The van der Waals surface area contributed by atoms with E-state index in [1.807, 2.05) is 0 Å². The van der Waals surface area contributed by atoms with Gasteiger partial charge in [-0.15, -0.1) is 0 Å². The third-order valence-corrected chi connectivity index (χ3v) is 5.91. The fourth-order valence-electron chi connectivity index (χ4n) is 3.97. The van der Waals surface area contributed by atoms with Crippen LogP contribution in [0.3, 0.4) is 0 Å². The van der Waals surface area contributed by atoms with Gasteiger partial charge in [-0.3, -0.25) is 4.57 Å². The first-order valence-electron chi connectivity index (χ1n) is 11.2. The summed E-state index contributed by atoms with van der Waals surface area (Å²) in [6.07, 6.45) is -4.43. The zero-order chi connectivity index (χ0) is 25.9. The first kappa shape index (κ1) is 24.6. The van der Waals surface area contributed by atoms with Crippen molar-refractivity contribution in [1.82, 2.24) is 19.5 Å². The molecular formula is C25H20ClFN4O6. The molecule has 2 aromatic carbocycles. The maximum atomic E-state index is 15.9. The normalized spacial score (nSPS) is 21.1. The quantitative estimate of drug-likeness (QED) is 0.262. The van der Waals surface area contributed by atoms with Crippen molar-refractivity contribution in [3.05, 3.63) is 83.4 Å². The minimum Gasteiger partial charge on any atom is -0.479 e. The standard InChI is InChI=1S/C25H20ClFN4O6/c1-34-21-18-20(29-25(26)30-21)31(13-28-18)22-17(27)19(37-24(33)15-10-6-3-7-11-15)16(36-22)12-35-23(32)14-8-4-2-5-9-14/h2-11,13,16-17,19,22H,12H2,1H3/t16-,17+,19-,22-/m1/s1. The number of rotatable bonds is 7. The van der Waals surface area contributed by atoms with E-state index in [9.17, 15) is 9.59 Å². The van der Waals surface area contributed by atoms with Gasteiger partial charge in [-0.05, 0) is 35.9 Å². The van der Waals surface area contributed by atoms with Crippen molar-refractivity contribution >= 4 is 34.7 Å². The first-order valence-corrected chi connectivity index (χ1v) is 11.6. The number of halogens is 2. The molecule has 1 fully saturated rings. The SMILES string of the molecule is COc1nc(Cl)nc2c1ncn2[C@@H]1O[C@H](COC(=O)c2ccccc2)[C@@H](OC(=O)c2ccccc2)[C@@H]1F. The van der Waals surface area contributed by atoms with Crippen LogP contribution >= 0.6 is 11.6 Å². The van der Waals surface area contributed by atoms with Gasteiger partial charge < -0.3 is 18.9 Å². The molecule has 0 N–H and O–H groups in total. The Labute approximate surface area is 214 Å². The van der Waals surface area contributed by atoms with E-state index in [0.29, 0.717) is 5.56 Å². The maximum absolute atomic E-state index is 15.9. The largest absolute Gasteiger partial charge is 0.479 e. The second-order valence-corrected chi connectivity index (χ2v) is 8.37. The van der Waals surface area contributed by atoms with Crippen LogP contribution in [-0.4, -0.2) is 63.6 Å². The lowest BCUT2D eigenvalue weighted by molar-refractivity contribution is -0.0570. The van der Waals surface area contributed by atoms with Gasteiger partial charge in [-0.1, -0.05) is 36.4 Å². The van der Waals surface area contributed by atoms with Crippen LogP contribution in [0.15, 0.2) is 67.0 Å². The summed E-state index contributed by atoms with van der Waals surface area (Å²) in [6, 6.07) is 16.4. The van der Waals surface area contributed by atoms with Crippen LogP contribution in [0.5, 0.6) is 5.88 Å². The number of carbonyl (C=O) groups is 2. The molecule has 4 atom stereocenters. The van der Waals surface area contributed by atoms with E-state index >= 15 is 4.39 Å². The second kappa shape index (κ2) is 10.5. The lowest BCUT2D eigenvalue weighted by atomic mass is 10.1. The zero-order valence-corrected chi connectivity index (χ0v) is 20.1. The van der Waals surface area contributed by atoms with Crippen LogP contribution in [0.2, 0.25) is 5.28 Å². The van der Waals surface area contributed by atoms with Gasteiger partial charge in [0.05, 0.1) is 24.6 Å². The Morgan fingerprint density at radius 2 is 1.68 bits per heavy atom. The van der Waals surface area contributed by atoms with Crippen LogP contribution in [0.25, 0.3) is 11.2 Å². The monoisotopic (exact) mass is 526 g/mol. The van der Waals surface area contributed by atoms with E-state index in [0.717, 1.165) is 0 Å². The van der Waals surface area contributed by atoms with Crippen molar-refractivity contribution in [1.29, 1.82) is 0 Å². The van der Waals surface area contributed by atoms with Crippen LogP contribution in [0, 0.1) is 0 Å². The molecule has 5 rings (SSSR count). The molecule has 1 saturated heterocycles. The number of hydrogen-bond donors (Lipinski definition) is 0. The summed E-state index contributed by atoms with van der Waals surface area (Å²) in [6.45, 7) is -0.372. The molecule has 1 aliphatic rings. The fraction of sp³-hybridized carbons (Fsp3) is 0.240. The van der Waals surface area contributed by atoms with Crippen LogP contribution < -0.4 is 4.74 Å². The molecule has 12 heteroatoms. The van der Waals surface area contributed by atoms with Gasteiger partial charge in [0.15, 0.2) is 29.7 Å². The predicted octanol–water partition coefficient (Wildman–Crippen LogP) is 3.81. The summed E-state index contributed by atoms with van der Waals surface area (Å²) in [4.78, 5) is 37.5. The number of esters is 2. The Morgan fingerprint density at radius 3 is 2.32 bits per heavy atom. The smallest absolute Gasteiger partial charge is 0.338 e. The molecule has 3 heterocycles. The molecule has 0 saturated carbocycles. The zero-order valence-electron chi connectivity index (χ0n) is 19.4. The number of benzene rings is 2. The molecule has 0 spiro atoms. The van der Waals surface area contributed by atoms with Crippen LogP contribution in [-0.2, 0) is 14.2 Å². The van der Waals surface area contributed by atoms with Gasteiger partial charge in [0.2, 0.25) is 11.2 Å².